The third-order valence-corrected chi connectivity index (χ3v) is 3.91. The number of anilines is 1. The molecule has 0 aromatic heterocycles. The Balaban J connectivity index is 2.10. The van der Waals surface area contributed by atoms with E-state index in [0.717, 1.165) is 12.2 Å². The van der Waals surface area contributed by atoms with Crippen LogP contribution in [-0.2, 0) is 0 Å². The predicted octanol–water partition coefficient (Wildman–Crippen LogP) is 4.27. The van der Waals surface area contributed by atoms with Crippen molar-refractivity contribution in [2.45, 2.75) is 45.1 Å². The Labute approximate surface area is 108 Å². The van der Waals surface area contributed by atoms with Crippen LogP contribution < -0.4 is 10.5 Å². The molecule has 0 aliphatic heterocycles. The summed E-state index contributed by atoms with van der Waals surface area (Å²) in [6, 6.07) is 5.42. The lowest BCUT2D eigenvalue weighted by molar-refractivity contribution is 0.0905. The fourth-order valence-corrected chi connectivity index (χ4v) is 2.73. The zero-order chi connectivity index (χ0) is 12.3. The first kappa shape index (κ1) is 12.6. The van der Waals surface area contributed by atoms with Crippen LogP contribution in [-0.4, -0.2) is 6.10 Å². The Hall–Kier alpha value is -0.890. The normalized spacial score (nSPS) is 24.6. The second kappa shape index (κ2) is 5.63. The molecular formula is C14H20ClNO. The van der Waals surface area contributed by atoms with Crippen molar-refractivity contribution < 1.29 is 4.74 Å². The van der Waals surface area contributed by atoms with Crippen molar-refractivity contribution in [3.8, 4) is 5.75 Å². The number of hydrogen-bond donors (Lipinski definition) is 1. The summed E-state index contributed by atoms with van der Waals surface area (Å²) in [5.74, 6) is 1.39. The summed E-state index contributed by atoms with van der Waals surface area (Å²) in [5, 5.41) is 0.652. The molecule has 1 aliphatic carbocycles. The van der Waals surface area contributed by atoms with Crippen molar-refractivity contribution in [3.63, 3.8) is 0 Å². The fourth-order valence-electron chi connectivity index (χ4n) is 2.57. The molecule has 1 aromatic carbocycles. The van der Waals surface area contributed by atoms with Crippen LogP contribution in [0.3, 0.4) is 0 Å². The largest absolute Gasteiger partial charge is 0.489 e. The van der Waals surface area contributed by atoms with E-state index in [4.69, 9.17) is 22.1 Å². The van der Waals surface area contributed by atoms with Crippen molar-refractivity contribution in [3.05, 3.63) is 23.2 Å². The number of halogens is 1. The molecule has 2 rings (SSSR count). The van der Waals surface area contributed by atoms with Crippen molar-refractivity contribution in [1.29, 1.82) is 0 Å². The fraction of sp³-hybridized carbons (Fsp3) is 0.571. The van der Waals surface area contributed by atoms with Gasteiger partial charge in [-0.15, -0.1) is 0 Å². The van der Waals surface area contributed by atoms with E-state index in [1.54, 1.807) is 12.1 Å². The van der Waals surface area contributed by atoms with Crippen LogP contribution in [0.15, 0.2) is 18.2 Å². The molecule has 2 nitrogen and oxygen atoms in total. The minimum atomic E-state index is 0.299. The molecule has 0 bridgehead atoms. The summed E-state index contributed by atoms with van der Waals surface area (Å²) in [5.41, 5.74) is 6.46. The van der Waals surface area contributed by atoms with Gasteiger partial charge in [0.1, 0.15) is 11.9 Å². The predicted molar refractivity (Wildman–Crippen MR) is 72.5 cm³/mol. The Morgan fingerprint density at radius 1 is 1.35 bits per heavy atom. The summed E-state index contributed by atoms with van der Waals surface area (Å²) >= 11 is 6.13. The van der Waals surface area contributed by atoms with Gasteiger partial charge in [0.2, 0.25) is 0 Å². The monoisotopic (exact) mass is 253 g/mol. The molecule has 0 amide bonds. The maximum atomic E-state index is 6.13. The van der Waals surface area contributed by atoms with Gasteiger partial charge in [0.05, 0.1) is 5.02 Å². The molecular weight excluding hydrogens is 234 g/mol. The van der Waals surface area contributed by atoms with Crippen LogP contribution in [0.25, 0.3) is 0 Å². The van der Waals surface area contributed by atoms with Gasteiger partial charge in [0.25, 0.3) is 0 Å². The molecule has 3 heteroatoms. The van der Waals surface area contributed by atoms with Crippen LogP contribution in [0.5, 0.6) is 5.75 Å². The Morgan fingerprint density at radius 2 is 2.12 bits per heavy atom. The topological polar surface area (TPSA) is 35.2 Å². The second-order valence-corrected chi connectivity index (χ2v) is 5.21. The molecule has 2 atom stereocenters. The van der Waals surface area contributed by atoms with Crippen LogP contribution in [0, 0.1) is 5.92 Å². The molecule has 0 saturated heterocycles. The lowest BCUT2D eigenvalue weighted by Crippen LogP contribution is -2.30. The maximum Gasteiger partial charge on any atom is 0.140 e. The summed E-state index contributed by atoms with van der Waals surface area (Å²) in [6.07, 6.45) is 6.44. The third-order valence-electron chi connectivity index (χ3n) is 3.60. The molecule has 0 spiro atoms. The van der Waals surface area contributed by atoms with E-state index >= 15 is 0 Å². The van der Waals surface area contributed by atoms with E-state index in [1.165, 1.54) is 25.7 Å². The molecule has 94 valence electrons. The Kier molecular flexibility index (Phi) is 4.16. The van der Waals surface area contributed by atoms with E-state index in [9.17, 15) is 0 Å². The third kappa shape index (κ3) is 3.06. The number of nitrogen functional groups attached to an aromatic ring is 1. The van der Waals surface area contributed by atoms with Gasteiger partial charge in [-0.2, -0.15) is 0 Å². The average molecular weight is 254 g/mol. The van der Waals surface area contributed by atoms with E-state index in [-0.39, 0.29) is 0 Å². The first-order valence-corrected chi connectivity index (χ1v) is 6.80. The first-order chi connectivity index (χ1) is 8.20. The quantitative estimate of drug-likeness (QED) is 0.817. The zero-order valence-corrected chi connectivity index (χ0v) is 11.0. The summed E-state index contributed by atoms with van der Waals surface area (Å²) in [6.45, 7) is 2.23. The van der Waals surface area contributed by atoms with Gasteiger partial charge in [-0.1, -0.05) is 24.9 Å². The number of benzene rings is 1. The van der Waals surface area contributed by atoms with Crippen LogP contribution in [0.1, 0.15) is 39.0 Å². The molecule has 1 saturated carbocycles. The number of hydrogen-bond acceptors (Lipinski definition) is 2. The lowest BCUT2D eigenvalue weighted by atomic mass is 9.85. The number of ether oxygens (including phenoxy) is 1. The highest BCUT2D eigenvalue weighted by atomic mass is 35.5. The maximum absolute atomic E-state index is 6.13. The molecule has 2 unspecified atom stereocenters. The number of rotatable bonds is 3. The van der Waals surface area contributed by atoms with Gasteiger partial charge in [0, 0.05) is 11.8 Å². The minimum absolute atomic E-state index is 0.299. The molecule has 0 radical (unpaired) electrons. The molecule has 1 aromatic rings. The first-order valence-electron chi connectivity index (χ1n) is 6.42. The van der Waals surface area contributed by atoms with Crippen molar-refractivity contribution in [2.24, 2.45) is 5.92 Å². The van der Waals surface area contributed by atoms with Gasteiger partial charge in [0.15, 0.2) is 0 Å². The van der Waals surface area contributed by atoms with Crippen molar-refractivity contribution >= 4 is 17.3 Å². The smallest absolute Gasteiger partial charge is 0.140 e. The summed E-state index contributed by atoms with van der Waals surface area (Å²) < 4.78 is 6.06. The molecule has 17 heavy (non-hydrogen) atoms. The highest BCUT2D eigenvalue weighted by Crippen LogP contribution is 2.34. The molecule has 0 heterocycles. The van der Waals surface area contributed by atoms with Gasteiger partial charge < -0.3 is 10.5 Å². The minimum Gasteiger partial charge on any atom is -0.489 e. The summed E-state index contributed by atoms with van der Waals surface area (Å²) in [7, 11) is 0. The Bertz CT molecular complexity index is 380. The van der Waals surface area contributed by atoms with Crippen LogP contribution in [0.2, 0.25) is 5.02 Å². The zero-order valence-electron chi connectivity index (χ0n) is 10.3. The van der Waals surface area contributed by atoms with Gasteiger partial charge in [-0.3, -0.25) is 0 Å². The van der Waals surface area contributed by atoms with Crippen molar-refractivity contribution in [2.75, 3.05) is 5.73 Å². The second-order valence-electron chi connectivity index (χ2n) is 4.80. The number of nitrogens with two attached hydrogens (primary N) is 1. The van der Waals surface area contributed by atoms with Crippen LogP contribution >= 0.6 is 11.6 Å². The highest BCUT2D eigenvalue weighted by molar-refractivity contribution is 6.32. The van der Waals surface area contributed by atoms with E-state index < -0.39 is 0 Å². The van der Waals surface area contributed by atoms with Gasteiger partial charge in [-0.05, 0) is 43.7 Å². The van der Waals surface area contributed by atoms with E-state index in [1.807, 2.05) is 6.07 Å². The van der Waals surface area contributed by atoms with Gasteiger partial charge in [-0.25, -0.2) is 0 Å². The van der Waals surface area contributed by atoms with E-state index in [0.29, 0.717) is 22.7 Å². The SMILES string of the molecule is CCC1CCCCC1Oc1cc(N)ccc1Cl. The van der Waals surface area contributed by atoms with Crippen LogP contribution in [0.4, 0.5) is 5.69 Å². The molecule has 2 N–H and O–H groups in total. The van der Waals surface area contributed by atoms with Crippen molar-refractivity contribution in [1.82, 2.24) is 0 Å². The molecule has 1 fully saturated rings. The van der Waals surface area contributed by atoms with E-state index in [2.05, 4.69) is 6.92 Å². The highest BCUT2D eigenvalue weighted by Gasteiger charge is 2.25. The Morgan fingerprint density at radius 3 is 2.88 bits per heavy atom. The average Bonchev–Trinajstić information content (AvgIpc) is 2.34. The van der Waals surface area contributed by atoms with Gasteiger partial charge >= 0.3 is 0 Å². The standard InChI is InChI=1S/C14H20ClNO/c1-2-10-5-3-4-6-13(10)17-14-9-11(16)7-8-12(14)15/h7-10,13H,2-6,16H2,1H3. The lowest BCUT2D eigenvalue weighted by Gasteiger charge is -2.31. The summed E-state index contributed by atoms with van der Waals surface area (Å²) in [4.78, 5) is 0. The molecule has 1 aliphatic rings.